The Balaban J connectivity index is 1.89. The van der Waals surface area contributed by atoms with Crippen molar-refractivity contribution in [2.45, 2.75) is 52.5 Å². The van der Waals surface area contributed by atoms with E-state index in [9.17, 15) is 13.2 Å². The average molecular weight is 401 g/mol. The predicted octanol–water partition coefficient (Wildman–Crippen LogP) is 3.95. The minimum absolute atomic E-state index is 0.0456. The molecule has 0 radical (unpaired) electrons. The van der Waals surface area contributed by atoms with Crippen molar-refractivity contribution in [3.05, 3.63) is 58.1 Å². The zero-order chi connectivity index (χ0) is 20.6. The molecule has 0 bridgehead atoms. The van der Waals surface area contributed by atoms with Crippen LogP contribution in [0, 0.1) is 26.7 Å². The Morgan fingerprint density at radius 1 is 1.04 bits per heavy atom. The number of nitrogens with one attached hydrogen (secondary N) is 1. The van der Waals surface area contributed by atoms with Gasteiger partial charge in [-0.25, -0.2) is 8.42 Å². The molecule has 1 aliphatic heterocycles. The van der Waals surface area contributed by atoms with Gasteiger partial charge in [0.15, 0.2) is 0 Å². The van der Waals surface area contributed by atoms with Crippen molar-refractivity contribution in [2.75, 3.05) is 11.3 Å². The molecular formula is C22H28N2O3S. The number of benzene rings is 2. The maximum atomic E-state index is 13.0. The van der Waals surface area contributed by atoms with Crippen LogP contribution < -0.4 is 4.72 Å². The summed E-state index contributed by atoms with van der Waals surface area (Å²) in [5, 5.41) is 0. The zero-order valence-electron chi connectivity index (χ0n) is 17.2. The van der Waals surface area contributed by atoms with Crippen molar-refractivity contribution in [1.29, 1.82) is 0 Å². The highest BCUT2D eigenvalue weighted by atomic mass is 32.2. The van der Waals surface area contributed by atoms with E-state index in [1.54, 1.807) is 6.07 Å². The van der Waals surface area contributed by atoms with Gasteiger partial charge in [-0.2, -0.15) is 0 Å². The van der Waals surface area contributed by atoms with Crippen molar-refractivity contribution in [3.63, 3.8) is 0 Å². The fourth-order valence-electron chi connectivity index (χ4n) is 3.97. The summed E-state index contributed by atoms with van der Waals surface area (Å²) in [6.45, 7) is 10.6. The monoisotopic (exact) mass is 400 g/mol. The molecule has 0 fully saturated rings. The van der Waals surface area contributed by atoms with Gasteiger partial charge in [-0.05, 0) is 61.6 Å². The second-order valence-corrected chi connectivity index (χ2v) is 9.60. The molecule has 2 aromatic carbocycles. The van der Waals surface area contributed by atoms with Crippen molar-refractivity contribution in [3.8, 4) is 0 Å². The van der Waals surface area contributed by atoms with Crippen LogP contribution in [0.3, 0.4) is 0 Å². The number of anilines is 1. The third-order valence-corrected chi connectivity index (χ3v) is 6.84. The minimum Gasteiger partial charge on any atom is -0.338 e. The summed E-state index contributed by atoms with van der Waals surface area (Å²) in [7, 11) is -3.69. The maximum Gasteiger partial charge on any atom is 0.262 e. The largest absolute Gasteiger partial charge is 0.338 e. The molecule has 0 atom stereocenters. The first-order chi connectivity index (χ1) is 13.1. The van der Waals surface area contributed by atoms with E-state index in [-0.39, 0.29) is 11.8 Å². The van der Waals surface area contributed by atoms with E-state index < -0.39 is 10.0 Å². The summed E-state index contributed by atoms with van der Waals surface area (Å²) in [6.07, 6.45) is 0.789. The van der Waals surface area contributed by atoms with Crippen molar-refractivity contribution in [1.82, 2.24) is 4.90 Å². The van der Waals surface area contributed by atoms with Crippen LogP contribution in [-0.2, 0) is 27.8 Å². The van der Waals surface area contributed by atoms with Gasteiger partial charge in [0.1, 0.15) is 0 Å². The zero-order valence-corrected chi connectivity index (χ0v) is 18.0. The lowest BCUT2D eigenvalue weighted by Crippen LogP contribution is -2.38. The molecule has 3 rings (SSSR count). The summed E-state index contributed by atoms with van der Waals surface area (Å²) in [6, 6.07) is 9.37. The van der Waals surface area contributed by atoms with Gasteiger partial charge >= 0.3 is 0 Å². The van der Waals surface area contributed by atoms with Gasteiger partial charge in [0, 0.05) is 24.7 Å². The molecule has 1 N–H and O–H groups in total. The SMILES string of the molecule is Cc1cc(C)c(S(=O)(=O)Nc2ccc3c(c2)CN(C(=O)C(C)C)CC3)c(C)c1. The first-order valence-corrected chi connectivity index (χ1v) is 11.1. The molecule has 5 nitrogen and oxygen atoms in total. The first-order valence-electron chi connectivity index (χ1n) is 9.59. The van der Waals surface area contributed by atoms with Crippen LogP contribution in [0.2, 0.25) is 0 Å². The molecule has 0 aromatic heterocycles. The Labute approximate surface area is 167 Å². The summed E-state index contributed by atoms with van der Waals surface area (Å²) >= 11 is 0. The Morgan fingerprint density at radius 2 is 1.68 bits per heavy atom. The lowest BCUT2D eigenvalue weighted by molar-refractivity contribution is -0.135. The molecule has 0 aliphatic carbocycles. The van der Waals surface area contributed by atoms with Gasteiger partial charge in [0.2, 0.25) is 5.91 Å². The third-order valence-electron chi connectivity index (χ3n) is 5.15. The number of amides is 1. The van der Waals surface area contributed by atoms with Crippen LogP contribution in [0.1, 0.15) is 41.7 Å². The molecule has 0 saturated carbocycles. The van der Waals surface area contributed by atoms with E-state index in [0.717, 1.165) is 28.7 Å². The Hall–Kier alpha value is -2.34. The molecule has 0 unspecified atom stereocenters. The van der Waals surface area contributed by atoms with E-state index in [0.29, 0.717) is 23.7 Å². The summed E-state index contributed by atoms with van der Waals surface area (Å²) in [5.74, 6) is 0.0817. The minimum atomic E-state index is -3.69. The number of fused-ring (bicyclic) bond motifs is 1. The van der Waals surface area contributed by atoms with Gasteiger partial charge in [-0.1, -0.05) is 37.6 Å². The Morgan fingerprint density at radius 3 is 2.29 bits per heavy atom. The molecule has 1 aliphatic rings. The number of nitrogens with zero attached hydrogens (tertiary/aromatic N) is 1. The quantitative estimate of drug-likeness (QED) is 0.845. The summed E-state index contributed by atoms with van der Waals surface area (Å²) in [4.78, 5) is 14.5. The van der Waals surface area contributed by atoms with E-state index in [1.165, 1.54) is 5.56 Å². The van der Waals surface area contributed by atoms with Gasteiger partial charge < -0.3 is 4.90 Å². The number of aryl methyl sites for hydroxylation is 3. The highest BCUT2D eigenvalue weighted by Crippen LogP contribution is 2.27. The normalized spacial score (nSPS) is 14.1. The van der Waals surface area contributed by atoms with Crippen molar-refractivity contribution >= 4 is 21.6 Å². The smallest absolute Gasteiger partial charge is 0.262 e. The highest BCUT2D eigenvalue weighted by Gasteiger charge is 2.24. The number of sulfonamides is 1. The highest BCUT2D eigenvalue weighted by molar-refractivity contribution is 7.92. The second-order valence-electron chi connectivity index (χ2n) is 7.98. The number of carbonyl (C=O) groups is 1. The molecule has 0 spiro atoms. The average Bonchev–Trinajstić information content (AvgIpc) is 2.58. The van der Waals surface area contributed by atoms with Crippen LogP contribution in [0.15, 0.2) is 35.2 Å². The van der Waals surface area contributed by atoms with Crippen molar-refractivity contribution < 1.29 is 13.2 Å². The van der Waals surface area contributed by atoms with Gasteiger partial charge in [-0.15, -0.1) is 0 Å². The lowest BCUT2D eigenvalue weighted by Gasteiger charge is -2.30. The van der Waals surface area contributed by atoms with E-state index in [4.69, 9.17) is 0 Å². The number of carbonyl (C=O) groups excluding carboxylic acids is 1. The standard InChI is InChI=1S/C22H28N2O3S/c1-14(2)22(25)24-9-8-18-6-7-20(12-19(18)13-24)23-28(26,27)21-16(4)10-15(3)11-17(21)5/h6-7,10-12,14,23H,8-9,13H2,1-5H3. The molecule has 6 heteroatoms. The number of hydrogen-bond donors (Lipinski definition) is 1. The molecule has 1 heterocycles. The van der Waals surface area contributed by atoms with Gasteiger partial charge in [-0.3, -0.25) is 9.52 Å². The topological polar surface area (TPSA) is 66.5 Å². The van der Waals surface area contributed by atoms with E-state index in [2.05, 4.69) is 4.72 Å². The molecule has 150 valence electrons. The van der Waals surface area contributed by atoms with Crippen LogP contribution >= 0.6 is 0 Å². The van der Waals surface area contributed by atoms with Gasteiger partial charge in [0.05, 0.1) is 4.90 Å². The van der Waals surface area contributed by atoms with Crippen LogP contribution in [0.25, 0.3) is 0 Å². The Bertz CT molecular complexity index is 1000. The molecule has 28 heavy (non-hydrogen) atoms. The fraction of sp³-hybridized carbons (Fsp3) is 0.409. The van der Waals surface area contributed by atoms with Gasteiger partial charge in [0.25, 0.3) is 10.0 Å². The van der Waals surface area contributed by atoms with E-state index >= 15 is 0 Å². The molecule has 2 aromatic rings. The molecular weight excluding hydrogens is 372 g/mol. The molecule has 0 saturated heterocycles. The first kappa shape index (κ1) is 20.4. The second kappa shape index (κ2) is 7.59. The Kier molecular flexibility index (Phi) is 5.53. The van der Waals surface area contributed by atoms with E-state index in [1.807, 2.05) is 63.8 Å². The number of hydrogen-bond acceptors (Lipinski definition) is 3. The summed E-state index contributed by atoms with van der Waals surface area (Å²) in [5.41, 5.74) is 5.19. The summed E-state index contributed by atoms with van der Waals surface area (Å²) < 4.78 is 28.7. The molecule has 1 amide bonds. The maximum absolute atomic E-state index is 13.0. The fourth-order valence-corrected chi connectivity index (χ4v) is 5.48. The van der Waals surface area contributed by atoms with Crippen LogP contribution in [-0.4, -0.2) is 25.8 Å². The van der Waals surface area contributed by atoms with Crippen LogP contribution in [0.5, 0.6) is 0 Å². The third kappa shape index (κ3) is 4.07. The van der Waals surface area contributed by atoms with Crippen LogP contribution in [0.4, 0.5) is 5.69 Å². The predicted molar refractivity (Wildman–Crippen MR) is 112 cm³/mol. The number of rotatable bonds is 4. The lowest BCUT2D eigenvalue weighted by atomic mass is 9.98. The van der Waals surface area contributed by atoms with Crippen molar-refractivity contribution in [2.24, 2.45) is 5.92 Å².